The third-order valence-corrected chi connectivity index (χ3v) is 2.97. The van der Waals surface area contributed by atoms with Gasteiger partial charge in [0.2, 0.25) is 0 Å². The fourth-order valence-electron chi connectivity index (χ4n) is 1.98. The van der Waals surface area contributed by atoms with E-state index in [-0.39, 0.29) is 5.91 Å². The smallest absolute Gasteiger partial charge is 0.253 e. The highest BCUT2D eigenvalue weighted by Crippen LogP contribution is 2.13. The molecule has 2 rings (SSSR count). The Balaban J connectivity index is 1.99. The number of benzene rings is 1. The fourth-order valence-corrected chi connectivity index (χ4v) is 1.98. The Morgan fingerprint density at radius 2 is 2.06 bits per heavy atom. The largest absolute Gasteiger partial charge is 0.381 e. The number of hydrogen-bond acceptors (Lipinski definition) is 3. The minimum atomic E-state index is 0.0408. The van der Waals surface area contributed by atoms with Crippen LogP contribution in [0.15, 0.2) is 24.3 Å². The van der Waals surface area contributed by atoms with Crippen molar-refractivity contribution >= 4 is 11.6 Å². The first kappa shape index (κ1) is 11.9. The number of nitrogens with one attached hydrogen (secondary N) is 2. The van der Waals surface area contributed by atoms with Crippen LogP contribution in [0.1, 0.15) is 16.8 Å². The Hall–Kier alpha value is -1.55. The molecule has 1 heterocycles. The summed E-state index contributed by atoms with van der Waals surface area (Å²) in [5, 5.41) is 6.76. The van der Waals surface area contributed by atoms with E-state index in [1.807, 2.05) is 24.3 Å². The minimum absolute atomic E-state index is 0.0408. The second-order valence-electron chi connectivity index (χ2n) is 4.61. The van der Waals surface area contributed by atoms with E-state index in [1.54, 1.807) is 19.0 Å². The molecule has 0 saturated carbocycles. The van der Waals surface area contributed by atoms with E-state index in [2.05, 4.69) is 10.6 Å². The molecule has 2 N–H and O–H groups in total. The van der Waals surface area contributed by atoms with E-state index in [1.165, 1.54) is 0 Å². The summed E-state index contributed by atoms with van der Waals surface area (Å²) in [5.74, 6) is 0.0408. The van der Waals surface area contributed by atoms with E-state index in [0.717, 1.165) is 30.8 Å². The Morgan fingerprint density at radius 3 is 2.59 bits per heavy atom. The summed E-state index contributed by atoms with van der Waals surface area (Å²) in [5.41, 5.74) is 1.80. The molecule has 1 saturated heterocycles. The average Bonchev–Trinajstić information content (AvgIpc) is 2.82. The molecule has 0 aliphatic carbocycles. The van der Waals surface area contributed by atoms with Crippen LogP contribution >= 0.6 is 0 Å². The van der Waals surface area contributed by atoms with Crippen LogP contribution in [0.4, 0.5) is 5.69 Å². The van der Waals surface area contributed by atoms with Gasteiger partial charge in [-0.15, -0.1) is 0 Å². The Morgan fingerprint density at radius 1 is 1.35 bits per heavy atom. The predicted octanol–water partition coefficient (Wildman–Crippen LogP) is 1.16. The van der Waals surface area contributed by atoms with E-state index in [9.17, 15) is 4.79 Å². The van der Waals surface area contributed by atoms with Crippen LogP contribution in [0.2, 0.25) is 0 Å². The molecule has 0 radical (unpaired) electrons. The maximum atomic E-state index is 11.7. The van der Waals surface area contributed by atoms with Crippen LogP contribution in [0.5, 0.6) is 0 Å². The number of amides is 1. The molecule has 1 aromatic rings. The molecule has 1 unspecified atom stereocenters. The lowest BCUT2D eigenvalue weighted by molar-refractivity contribution is 0.0827. The minimum Gasteiger partial charge on any atom is -0.381 e. The van der Waals surface area contributed by atoms with Crippen molar-refractivity contribution in [1.82, 2.24) is 10.2 Å². The molecule has 0 bridgehead atoms. The number of rotatable bonds is 3. The zero-order valence-corrected chi connectivity index (χ0v) is 10.4. The first-order valence-corrected chi connectivity index (χ1v) is 5.96. The summed E-state index contributed by atoms with van der Waals surface area (Å²) in [7, 11) is 3.53. The molecule has 1 aromatic carbocycles. The number of nitrogens with zero attached hydrogens (tertiary/aromatic N) is 1. The first-order chi connectivity index (χ1) is 8.16. The highest BCUT2D eigenvalue weighted by Gasteiger charge is 2.14. The number of carbonyl (C=O) groups is 1. The topological polar surface area (TPSA) is 44.4 Å². The van der Waals surface area contributed by atoms with E-state index < -0.39 is 0 Å². The molecule has 17 heavy (non-hydrogen) atoms. The molecule has 4 nitrogen and oxygen atoms in total. The molecule has 1 aliphatic heterocycles. The summed E-state index contributed by atoms with van der Waals surface area (Å²) in [4.78, 5) is 13.3. The standard InChI is InChI=1S/C13H19N3O/c1-16(2)13(17)10-3-5-11(6-4-10)15-12-7-8-14-9-12/h3-6,12,14-15H,7-9H2,1-2H3. The highest BCUT2D eigenvalue weighted by molar-refractivity contribution is 5.94. The van der Waals surface area contributed by atoms with Gasteiger partial charge in [0.1, 0.15) is 0 Å². The van der Waals surface area contributed by atoms with Gasteiger partial charge >= 0.3 is 0 Å². The lowest BCUT2D eigenvalue weighted by Gasteiger charge is -2.14. The molecular weight excluding hydrogens is 214 g/mol. The second kappa shape index (κ2) is 5.19. The molecule has 1 atom stereocenters. The van der Waals surface area contributed by atoms with Crippen LogP contribution in [0, 0.1) is 0 Å². The van der Waals surface area contributed by atoms with Crippen molar-refractivity contribution in [2.75, 3.05) is 32.5 Å². The average molecular weight is 233 g/mol. The summed E-state index contributed by atoms with van der Waals surface area (Å²) < 4.78 is 0. The van der Waals surface area contributed by atoms with Crippen molar-refractivity contribution in [1.29, 1.82) is 0 Å². The van der Waals surface area contributed by atoms with Crippen molar-refractivity contribution in [2.24, 2.45) is 0 Å². The maximum Gasteiger partial charge on any atom is 0.253 e. The van der Waals surface area contributed by atoms with Crippen molar-refractivity contribution in [3.8, 4) is 0 Å². The second-order valence-corrected chi connectivity index (χ2v) is 4.61. The Bertz CT molecular complexity index is 380. The van der Waals surface area contributed by atoms with Gasteiger partial charge in [-0.05, 0) is 37.2 Å². The summed E-state index contributed by atoms with van der Waals surface area (Å²) in [6, 6.07) is 8.18. The highest BCUT2D eigenvalue weighted by atomic mass is 16.2. The third-order valence-electron chi connectivity index (χ3n) is 2.97. The molecule has 1 aliphatic rings. The fraction of sp³-hybridized carbons (Fsp3) is 0.462. The summed E-state index contributed by atoms with van der Waals surface area (Å²) in [6.45, 7) is 2.09. The summed E-state index contributed by atoms with van der Waals surface area (Å²) >= 11 is 0. The lowest BCUT2D eigenvalue weighted by Crippen LogP contribution is -2.23. The quantitative estimate of drug-likeness (QED) is 0.823. The number of carbonyl (C=O) groups excluding carboxylic acids is 1. The van der Waals surface area contributed by atoms with Crippen molar-refractivity contribution in [3.05, 3.63) is 29.8 Å². The SMILES string of the molecule is CN(C)C(=O)c1ccc(NC2CCNC2)cc1. The van der Waals surface area contributed by atoms with Gasteiger partial charge < -0.3 is 15.5 Å². The zero-order valence-electron chi connectivity index (χ0n) is 10.4. The van der Waals surface area contributed by atoms with Crippen LogP contribution in [-0.4, -0.2) is 44.0 Å². The molecule has 92 valence electrons. The van der Waals surface area contributed by atoms with E-state index in [4.69, 9.17) is 0 Å². The molecular formula is C13H19N3O. The predicted molar refractivity (Wildman–Crippen MR) is 69.4 cm³/mol. The Kier molecular flexibility index (Phi) is 3.64. The van der Waals surface area contributed by atoms with E-state index >= 15 is 0 Å². The van der Waals surface area contributed by atoms with Crippen LogP contribution in [0.3, 0.4) is 0 Å². The molecule has 1 amide bonds. The normalized spacial score (nSPS) is 19.1. The van der Waals surface area contributed by atoms with Crippen LogP contribution < -0.4 is 10.6 Å². The van der Waals surface area contributed by atoms with Crippen molar-refractivity contribution in [3.63, 3.8) is 0 Å². The summed E-state index contributed by atoms with van der Waals surface area (Å²) in [6.07, 6.45) is 1.15. The molecule has 4 heteroatoms. The zero-order chi connectivity index (χ0) is 12.3. The van der Waals surface area contributed by atoms with Gasteiger partial charge in [-0.2, -0.15) is 0 Å². The van der Waals surface area contributed by atoms with Crippen molar-refractivity contribution < 1.29 is 4.79 Å². The van der Waals surface area contributed by atoms with Crippen LogP contribution in [0.25, 0.3) is 0 Å². The van der Waals surface area contributed by atoms with Gasteiger partial charge in [-0.1, -0.05) is 0 Å². The van der Waals surface area contributed by atoms with Gasteiger partial charge in [-0.3, -0.25) is 4.79 Å². The van der Waals surface area contributed by atoms with Crippen molar-refractivity contribution in [2.45, 2.75) is 12.5 Å². The van der Waals surface area contributed by atoms with Gasteiger partial charge in [0.05, 0.1) is 0 Å². The number of hydrogen-bond donors (Lipinski definition) is 2. The molecule has 1 fully saturated rings. The van der Waals surface area contributed by atoms with Gasteiger partial charge in [0.15, 0.2) is 0 Å². The van der Waals surface area contributed by atoms with Gasteiger partial charge in [-0.25, -0.2) is 0 Å². The monoisotopic (exact) mass is 233 g/mol. The van der Waals surface area contributed by atoms with E-state index in [0.29, 0.717) is 6.04 Å². The van der Waals surface area contributed by atoms with Gasteiger partial charge in [0.25, 0.3) is 5.91 Å². The molecule has 0 spiro atoms. The number of anilines is 1. The lowest BCUT2D eigenvalue weighted by atomic mass is 10.1. The Labute approximate surface area is 102 Å². The third kappa shape index (κ3) is 2.97. The van der Waals surface area contributed by atoms with Gasteiger partial charge in [0, 0.05) is 37.9 Å². The maximum absolute atomic E-state index is 11.7. The first-order valence-electron chi connectivity index (χ1n) is 5.96. The molecule has 0 aromatic heterocycles. The van der Waals surface area contributed by atoms with Crippen LogP contribution in [-0.2, 0) is 0 Å².